The van der Waals surface area contributed by atoms with Crippen LogP contribution >= 0.6 is 11.6 Å². The third-order valence-electron chi connectivity index (χ3n) is 6.36. The van der Waals surface area contributed by atoms with E-state index in [-0.39, 0.29) is 5.91 Å². The minimum atomic E-state index is -0.420. The van der Waals surface area contributed by atoms with E-state index in [0.717, 1.165) is 16.8 Å². The van der Waals surface area contributed by atoms with Gasteiger partial charge in [-0.2, -0.15) is 5.10 Å². The molecule has 11 heteroatoms. The number of halogens is 1. The number of carbonyl (C=O) groups excluding carboxylic acids is 1. The van der Waals surface area contributed by atoms with Crippen LogP contribution in [0.2, 0.25) is 5.02 Å². The van der Waals surface area contributed by atoms with Crippen molar-refractivity contribution in [2.75, 3.05) is 24.3 Å². The van der Waals surface area contributed by atoms with Crippen LogP contribution in [0, 0.1) is 13.8 Å². The van der Waals surface area contributed by atoms with Gasteiger partial charge < -0.3 is 21.2 Å². The lowest BCUT2D eigenvalue weighted by atomic mass is 9.98. The highest BCUT2D eigenvalue weighted by Crippen LogP contribution is 2.40. The number of nitrogens with zero attached hydrogens (tertiary/aromatic N) is 4. The lowest BCUT2D eigenvalue weighted by Gasteiger charge is -2.22. The van der Waals surface area contributed by atoms with Crippen LogP contribution in [0.4, 0.5) is 11.5 Å². The molecular formula is C26H31ClN8O2. The number of nitrogens with two attached hydrogens (primary N) is 2. The Hall–Kier alpha value is -3.89. The monoisotopic (exact) mass is 522 g/mol. The van der Waals surface area contributed by atoms with E-state index in [4.69, 9.17) is 33.0 Å². The highest BCUT2D eigenvalue weighted by molar-refractivity contribution is 6.32. The Morgan fingerprint density at radius 1 is 1.22 bits per heavy atom. The molecule has 0 fully saturated rings. The summed E-state index contributed by atoms with van der Waals surface area (Å²) in [5.74, 6) is 6.23. The summed E-state index contributed by atoms with van der Waals surface area (Å²) in [5.41, 5.74) is 14.5. The summed E-state index contributed by atoms with van der Waals surface area (Å²) in [6.45, 7) is 10.3. The van der Waals surface area contributed by atoms with Gasteiger partial charge >= 0.3 is 0 Å². The van der Waals surface area contributed by atoms with Crippen molar-refractivity contribution in [2.45, 2.75) is 40.7 Å². The van der Waals surface area contributed by atoms with Crippen LogP contribution < -0.4 is 27.1 Å². The summed E-state index contributed by atoms with van der Waals surface area (Å²) in [5, 5.41) is 8.86. The van der Waals surface area contributed by atoms with Crippen molar-refractivity contribution >= 4 is 40.0 Å². The molecule has 2 aromatic carbocycles. The number of anilines is 2. The second-order valence-electron chi connectivity index (χ2n) is 8.67. The van der Waals surface area contributed by atoms with E-state index in [1.807, 2.05) is 52.0 Å². The maximum absolute atomic E-state index is 13.0. The van der Waals surface area contributed by atoms with Gasteiger partial charge in [-0.05, 0) is 57.9 Å². The molecule has 0 aliphatic heterocycles. The van der Waals surface area contributed by atoms with E-state index in [9.17, 15) is 4.79 Å². The van der Waals surface area contributed by atoms with Crippen molar-refractivity contribution in [1.82, 2.24) is 25.1 Å². The summed E-state index contributed by atoms with van der Waals surface area (Å²) < 4.78 is 7.80. The van der Waals surface area contributed by atoms with Gasteiger partial charge in [0.15, 0.2) is 5.65 Å². The molecule has 1 atom stereocenters. The molecular weight excluding hydrogens is 492 g/mol. The first-order valence-electron chi connectivity index (χ1n) is 12.0. The number of carbonyl (C=O) groups is 1. The maximum Gasteiger partial charge on any atom is 0.255 e. The molecule has 0 aliphatic rings. The molecule has 1 amide bonds. The minimum absolute atomic E-state index is 0.251. The molecule has 0 radical (unpaired) electrons. The van der Waals surface area contributed by atoms with Crippen molar-refractivity contribution in [2.24, 2.45) is 5.84 Å². The fraction of sp³-hybridized carbons (Fsp3) is 0.308. The highest BCUT2D eigenvalue weighted by atomic mass is 35.5. The van der Waals surface area contributed by atoms with Crippen LogP contribution in [0.3, 0.4) is 0 Å². The summed E-state index contributed by atoms with van der Waals surface area (Å²) in [6, 6.07) is 7.19. The van der Waals surface area contributed by atoms with Crippen LogP contribution in [0.1, 0.15) is 53.9 Å². The van der Waals surface area contributed by atoms with E-state index in [1.54, 1.807) is 11.6 Å². The van der Waals surface area contributed by atoms with Crippen molar-refractivity contribution in [3.63, 3.8) is 0 Å². The van der Waals surface area contributed by atoms with Crippen molar-refractivity contribution in [3.8, 4) is 17.0 Å². The molecule has 2 aromatic heterocycles. The molecule has 0 aliphatic carbocycles. The molecule has 194 valence electrons. The number of benzene rings is 2. The number of aromatic nitrogens is 4. The lowest BCUT2D eigenvalue weighted by Crippen LogP contribution is -2.25. The van der Waals surface area contributed by atoms with Gasteiger partial charge in [0.1, 0.15) is 23.6 Å². The maximum atomic E-state index is 13.0. The second kappa shape index (κ2) is 10.6. The van der Waals surface area contributed by atoms with Gasteiger partial charge in [-0.25, -0.2) is 14.6 Å². The van der Waals surface area contributed by atoms with Gasteiger partial charge in [-0.1, -0.05) is 23.7 Å². The average Bonchev–Trinajstić information content (AvgIpc) is 3.27. The molecule has 6 N–H and O–H groups in total. The van der Waals surface area contributed by atoms with E-state index < -0.39 is 6.04 Å². The number of amides is 1. The van der Waals surface area contributed by atoms with Crippen molar-refractivity contribution < 1.29 is 9.53 Å². The summed E-state index contributed by atoms with van der Waals surface area (Å²) in [4.78, 5) is 21.8. The zero-order chi connectivity index (χ0) is 26.9. The quantitative estimate of drug-likeness (QED) is 0.197. The molecule has 2 heterocycles. The predicted octanol–water partition coefficient (Wildman–Crippen LogP) is 4.39. The van der Waals surface area contributed by atoms with Gasteiger partial charge in [0.2, 0.25) is 0 Å². The number of hydrogen-bond donors (Lipinski definition) is 4. The summed E-state index contributed by atoms with van der Waals surface area (Å²) in [6.07, 6.45) is 1.40. The number of nitrogen functional groups attached to an aromatic ring is 2. The number of nitrogens with one attached hydrogen (secondary N) is 2. The number of ether oxygens (including phenoxy) is 1. The van der Waals surface area contributed by atoms with Crippen LogP contribution in [0.15, 0.2) is 30.6 Å². The molecule has 10 nitrogen and oxygen atoms in total. The van der Waals surface area contributed by atoms with Crippen LogP contribution in [0.25, 0.3) is 22.3 Å². The molecule has 4 aromatic rings. The normalized spacial score (nSPS) is 12.0. The van der Waals surface area contributed by atoms with E-state index in [2.05, 4.69) is 20.7 Å². The van der Waals surface area contributed by atoms with Gasteiger partial charge in [0.05, 0.1) is 29.3 Å². The zero-order valence-electron chi connectivity index (χ0n) is 21.5. The Bertz CT molecular complexity index is 1480. The van der Waals surface area contributed by atoms with Gasteiger partial charge in [0, 0.05) is 22.7 Å². The zero-order valence-corrected chi connectivity index (χ0v) is 22.3. The summed E-state index contributed by atoms with van der Waals surface area (Å²) >= 11 is 6.63. The highest BCUT2D eigenvalue weighted by Gasteiger charge is 2.28. The largest absolute Gasteiger partial charge is 0.493 e. The molecule has 0 bridgehead atoms. The fourth-order valence-corrected chi connectivity index (χ4v) is 4.61. The van der Waals surface area contributed by atoms with E-state index in [1.165, 1.54) is 6.33 Å². The molecule has 0 saturated carbocycles. The van der Waals surface area contributed by atoms with E-state index >= 15 is 0 Å². The first-order valence-corrected chi connectivity index (χ1v) is 12.4. The lowest BCUT2D eigenvalue weighted by molar-refractivity contribution is 0.0951. The molecule has 4 rings (SSSR count). The molecule has 0 saturated heterocycles. The average molecular weight is 523 g/mol. The Morgan fingerprint density at radius 3 is 2.65 bits per heavy atom. The van der Waals surface area contributed by atoms with Crippen LogP contribution in [-0.2, 0) is 0 Å². The number of fused-ring (bicyclic) bond motifs is 1. The minimum Gasteiger partial charge on any atom is -0.493 e. The Balaban J connectivity index is 1.97. The van der Waals surface area contributed by atoms with Gasteiger partial charge in [-0.3, -0.25) is 10.6 Å². The van der Waals surface area contributed by atoms with Crippen LogP contribution in [0.5, 0.6) is 5.75 Å². The second-order valence-corrected chi connectivity index (χ2v) is 9.08. The first-order chi connectivity index (χ1) is 17.7. The van der Waals surface area contributed by atoms with Crippen LogP contribution in [-0.4, -0.2) is 38.8 Å². The molecule has 1 unspecified atom stereocenters. The Labute approximate surface area is 220 Å². The number of hydrogen-bond acceptors (Lipinski definition) is 8. The number of rotatable bonds is 8. The summed E-state index contributed by atoms with van der Waals surface area (Å²) in [7, 11) is 0. The molecule has 0 spiro atoms. The van der Waals surface area contributed by atoms with Gasteiger partial charge in [-0.15, -0.1) is 0 Å². The Morgan fingerprint density at radius 2 is 1.97 bits per heavy atom. The number of aryl methyl sites for hydroxylation is 1. The predicted molar refractivity (Wildman–Crippen MR) is 147 cm³/mol. The number of hydrazine groups is 1. The molecule has 37 heavy (non-hydrogen) atoms. The van der Waals surface area contributed by atoms with E-state index in [0.29, 0.717) is 63.2 Å². The first kappa shape index (κ1) is 26.2. The topological polar surface area (TPSA) is 146 Å². The van der Waals surface area contributed by atoms with Crippen molar-refractivity contribution in [1.29, 1.82) is 0 Å². The SMILES string of the molecule is CCNC(=O)c1c(C)c(Cl)cc(C(C)n2nc(-c3ccc(C)c(NN)c3)c3c(N)ncnc32)c1OCC. The smallest absolute Gasteiger partial charge is 0.255 e. The van der Waals surface area contributed by atoms with Crippen molar-refractivity contribution in [3.05, 3.63) is 57.9 Å². The Kier molecular flexibility index (Phi) is 7.51. The standard InChI is InChI=1S/C26H31ClN8O2/c1-6-30-26(36)20-14(4)18(27)11-17(23(20)37-7-2)15(5)35-25-21(24(28)31-12-32-25)22(34-35)16-9-8-13(3)19(10-16)33-29/h8-12,15,33H,6-7,29H2,1-5H3,(H,30,36)(H2,28,31,32). The van der Waals surface area contributed by atoms with Gasteiger partial charge in [0.25, 0.3) is 5.91 Å². The third kappa shape index (κ3) is 4.65. The fourth-order valence-electron chi connectivity index (χ4n) is 4.40. The third-order valence-corrected chi connectivity index (χ3v) is 6.75.